The van der Waals surface area contributed by atoms with Crippen molar-refractivity contribution in [2.24, 2.45) is 5.73 Å². The topological polar surface area (TPSA) is 73.6 Å². The molecule has 18 heavy (non-hydrogen) atoms. The van der Waals surface area contributed by atoms with Crippen LogP contribution < -0.4 is 15.8 Å². The van der Waals surface area contributed by atoms with E-state index in [-0.39, 0.29) is 5.91 Å². The van der Waals surface area contributed by atoms with Crippen LogP contribution in [-0.2, 0) is 9.53 Å². The lowest BCUT2D eigenvalue weighted by molar-refractivity contribution is -0.121. The van der Waals surface area contributed by atoms with Crippen molar-refractivity contribution in [3.8, 4) is 5.75 Å². The summed E-state index contributed by atoms with van der Waals surface area (Å²) >= 11 is 0. The summed E-state index contributed by atoms with van der Waals surface area (Å²) in [6, 6.07) is 6.57. The molecule has 0 spiro atoms. The van der Waals surface area contributed by atoms with Crippen LogP contribution in [0.2, 0.25) is 0 Å². The van der Waals surface area contributed by atoms with E-state index < -0.39 is 11.6 Å². The van der Waals surface area contributed by atoms with Crippen LogP contribution in [0.4, 0.5) is 5.69 Å². The van der Waals surface area contributed by atoms with Crippen molar-refractivity contribution in [2.45, 2.75) is 25.0 Å². The van der Waals surface area contributed by atoms with Crippen LogP contribution in [0.15, 0.2) is 24.3 Å². The monoisotopic (exact) mass is 250 g/mol. The number of fused-ring (bicyclic) bond motifs is 1. The summed E-state index contributed by atoms with van der Waals surface area (Å²) in [6.07, 6.45) is 0.548. The molecule has 2 rings (SSSR count). The number of rotatable bonds is 3. The predicted molar refractivity (Wildman–Crippen MR) is 68.6 cm³/mol. The van der Waals surface area contributed by atoms with Gasteiger partial charge in [-0.2, -0.15) is 0 Å². The molecule has 1 aliphatic rings. The number of para-hydroxylation sites is 2. The molecule has 98 valence electrons. The first-order chi connectivity index (χ1) is 8.57. The molecular weight excluding hydrogens is 232 g/mol. The van der Waals surface area contributed by atoms with Crippen LogP contribution >= 0.6 is 0 Å². The Kier molecular flexibility index (Phi) is 3.54. The number of amides is 1. The predicted octanol–water partition coefficient (Wildman–Crippen LogP) is 1.14. The zero-order chi connectivity index (χ0) is 13.2. The molecule has 0 saturated heterocycles. The number of anilines is 1. The third-order valence-corrected chi connectivity index (χ3v) is 3.23. The zero-order valence-electron chi connectivity index (χ0n) is 10.6. The maximum absolute atomic E-state index is 12.0. The van der Waals surface area contributed by atoms with Crippen molar-refractivity contribution < 1.29 is 14.3 Å². The third kappa shape index (κ3) is 2.32. The van der Waals surface area contributed by atoms with Crippen LogP contribution in [-0.4, -0.2) is 31.3 Å². The molecule has 1 aliphatic heterocycles. The van der Waals surface area contributed by atoms with E-state index in [0.29, 0.717) is 24.5 Å². The largest absolute Gasteiger partial charge is 0.483 e. The summed E-state index contributed by atoms with van der Waals surface area (Å²) in [5.41, 5.74) is 5.87. The summed E-state index contributed by atoms with van der Waals surface area (Å²) in [7, 11) is 1.61. The van der Waals surface area contributed by atoms with Crippen molar-refractivity contribution >= 4 is 11.6 Å². The Morgan fingerprint density at radius 2 is 2.22 bits per heavy atom. The average molecular weight is 250 g/mol. The van der Waals surface area contributed by atoms with Gasteiger partial charge in [-0.15, -0.1) is 0 Å². The van der Waals surface area contributed by atoms with Crippen LogP contribution in [0, 0.1) is 0 Å². The molecule has 0 aromatic heterocycles. The Morgan fingerprint density at radius 1 is 1.50 bits per heavy atom. The molecule has 0 saturated carbocycles. The molecule has 1 amide bonds. The second kappa shape index (κ2) is 4.96. The number of ether oxygens (including phenoxy) is 2. The molecule has 0 radical (unpaired) electrons. The van der Waals surface area contributed by atoms with Crippen molar-refractivity contribution in [2.75, 3.05) is 19.0 Å². The van der Waals surface area contributed by atoms with E-state index >= 15 is 0 Å². The van der Waals surface area contributed by atoms with Gasteiger partial charge in [0.15, 0.2) is 0 Å². The van der Waals surface area contributed by atoms with E-state index in [4.69, 9.17) is 15.2 Å². The molecule has 5 nitrogen and oxygen atoms in total. The number of nitrogens with two attached hydrogens (primary N) is 1. The quantitative estimate of drug-likeness (QED) is 0.843. The van der Waals surface area contributed by atoms with Gasteiger partial charge in [-0.1, -0.05) is 12.1 Å². The minimum atomic E-state index is -0.771. The molecule has 0 bridgehead atoms. The molecule has 1 aromatic carbocycles. The molecule has 0 fully saturated rings. The Labute approximate surface area is 106 Å². The molecule has 2 atom stereocenters. The Bertz CT molecular complexity index is 450. The minimum Gasteiger partial charge on any atom is -0.483 e. The Morgan fingerprint density at radius 3 is 2.94 bits per heavy atom. The first kappa shape index (κ1) is 12.9. The van der Waals surface area contributed by atoms with Crippen LogP contribution in [0.25, 0.3) is 0 Å². The molecule has 3 N–H and O–H groups in total. The molecule has 2 unspecified atom stereocenters. The first-order valence-corrected chi connectivity index (χ1v) is 5.90. The minimum absolute atomic E-state index is 0.237. The second-order valence-corrected chi connectivity index (χ2v) is 4.62. The standard InChI is InChI=1S/C13H18N2O3/c1-13(7-8-17-2)11(14)12(16)15-9-5-3-4-6-10(9)18-13/h3-6,11H,7-8,14H2,1-2H3,(H,15,16). The highest BCUT2D eigenvalue weighted by molar-refractivity contribution is 5.97. The van der Waals surface area contributed by atoms with Crippen LogP contribution in [0.5, 0.6) is 5.75 Å². The van der Waals surface area contributed by atoms with Crippen molar-refractivity contribution in [1.29, 1.82) is 0 Å². The number of benzene rings is 1. The van der Waals surface area contributed by atoms with Gasteiger partial charge in [0.1, 0.15) is 17.4 Å². The fourth-order valence-corrected chi connectivity index (χ4v) is 1.97. The molecule has 1 aromatic rings. The highest BCUT2D eigenvalue weighted by atomic mass is 16.5. The number of carbonyl (C=O) groups is 1. The van der Waals surface area contributed by atoms with Gasteiger partial charge in [0, 0.05) is 13.5 Å². The highest BCUT2D eigenvalue weighted by Gasteiger charge is 2.41. The van der Waals surface area contributed by atoms with E-state index in [2.05, 4.69) is 5.32 Å². The summed E-state index contributed by atoms with van der Waals surface area (Å²) in [5.74, 6) is 0.399. The van der Waals surface area contributed by atoms with Crippen molar-refractivity contribution in [3.63, 3.8) is 0 Å². The van der Waals surface area contributed by atoms with Gasteiger partial charge in [0.05, 0.1) is 12.3 Å². The molecule has 5 heteroatoms. The van der Waals surface area contributed by atoms with Gasteiger partial charge in [-0.05, 0) is 19.1 Å². The SMILES string of the molecule is COCCC1(C)Oc2ccccc2NC(=O)C1N. The van der Waals surface area contributed by atoms with Gasteiger partial charge < -0.3 is 20.5 Å². The van der Waals surface area contributed by atoms with E-state index in [1.165, 1.54) is 0 Å². The fourth-order valence-electron chi connectivity index (χ4n) is 1.97. The number of hydrogen-bond acceptors (Lipinski definition) is 4. The summed E-state index contributed by atoms with van der Waals surface area (Å²) in [4.78, 5) is 12.0. The van der Waals surface area contributed by atoms with E-state index in [9.17, 15) is 4.79 Å². The van der Waals surface area contributed by atoms with Gasteiger partial charge >= 0.3 is 0 Å². The summed E-state index contributed by atoms with van der Waals surface area (Å²) < 4.78 is 11.0. The molecular formula is C13H18N2O3. The van der Waals surface area contributed by atoms with E-state index in [1.54, 1.807) is 13.2 Å². The van der Waals surface area contributed by atoms with Crippen molar-refractivity contribution in [1.82, 2.24) is 0 Å². The highest BCUT2D eigenvalue weighted by Crippen LogP contribution is 2.33. The normalized spacial score (nSPS) is 26.8. The van der Waals surface area contributed by atoms with Gasteiger partial charge in [-0.25, -0.2) is 0 Å². The number of nitrogens with one attached hydrogen (secondary N) is 1. The summed E-state index contributed by atoms with van der Waals surface area (Å²) in [5, 5.41) is 2.77. The lowest BCUT2D eigenvalue weighted by Gasteiger charge is -2.32. The molecule has 1 heterocycles. The maximum atomic E-state index is 12.0. The Balaban J connectivity index is 2.34. The van der Waals surface area contributed by atoms with Gasteiger partial charge in [0.2, 0.25) is 5.91 Å². The second-order valence-electron chi connectivity index (χ2n) is 4.62. The Hall–Kier alpha value is -1.59. The van der Waals surface area contributed by atoms with Crippen LogP contribution in [0.1, 0.15) is 13.3 Å². The van der Waals surface area contributed by atoms with E-state index in [0.717, 1.165) is 0 Å². The number of carbonyl (C=O) groups excluding carboxylic acids is 1. The smallest absolute Gasteiger partial charge is 0.245 e. The third-order valence-electron chi connectivity index (χ3n) is 3.23. The maximum Gasteiger partial charge on any atom is 0.245 e. The van der Waals surface area contributed by atoms with Crippen molar-refractivity contribution in [3.05, 3.63) is 24.3 Å². The lowest BCUT2D eigenvalue weighted by Crippen LogP contribution is -2.55. The lowest BCUT2D eigenvalue weighted by atomic mass is 9.93. The molecule has 0 aliphatic carbocycles. The van der Waals surface area contributed by atoms with Gasteiger partial charge in [0.25, 0.3) is 0 Å². The summed E-state index contributed by atoms with van der Waals surface area (Å²) in [6.45, 7) is 2.32. The first-order valence-electron chi connectivity index (χ1n) is 5.90. The number of methoxy groups -OCH3 is 1. The van der Waals surface area contributed by atoms with Crippen LogP contribution in [0.3, 0.4) is 0 Å². The fraction of sp³-hybridized carbons (Fsp3) is 0.462. The number of hydrogen-bond donors (Lipinski definition) is 2. The van der Waals surface area contributed by atoms with Gasteiger partial charge in [-0.3, -0.25) is 4.79 Å². The average Bonchev–Trinajstić information content (AvgIpc) is 2.46. The van der Waals surface area contributed by atoms with E-state index in [1.807, 2.05) is 25.1 Å². The zero-order valence-corrected chi connectivity index (χ0v) is 10.6.